The number of oxazole rings is 1. The van der Waals surface area contributed by atoms with Gasteiger partial charge < -0.3 is 14.9 Å². The number of aromatic nitrogens is 1. The molecular formula is C11H12N2O2. The predicted molar refractivity (Wildman–Crippen MR) is 57.6 cm³/mol. The Balaban J connectivity index is 2.45. The SMILES string of the molecule is COc1cc(-c2ncc(C)o2)ccc1N. The van der Waals surface area contributed by atoms with E-state index in [0.717, 1.165) is 11.3 Å². The van der Waals surface area contributed by atoms with Crippen molar-refractivity contribution < 1.29 is 9.15 Å². The Labute approximate surface area is 87.7 Å². The van der Waals surface area contributed by atoms with Gasteiger partial charge in [-0.25, -0.2) is 4.98 Å². The minimum atomic E-state index is 0.575. The zero-order valence-electron chi connectivity index (χ0n) is 8.65. The Morgan fingerprint density at radius 3 is 2.80 bits per heavy atom. The highest BCUT2D eigenvalue weighted by Crippen LogP contribution is 2.28. The first-order valence-corrected chi connectivity index (χ1v) is 4.57. The summed E-state index contributed by atoms with van der Waals surface area (Å²) in [5.41, 5.74) is 7.16. The van der Waals surface area contributed by atoms with Gasteiger partial charge in [-0.05, 0) is 25.1 Å². The van der Waals surface area contributed by atoms with Gasteiger partial charge in [0.2, 0.25) is 5.89 Å². The smallest absolute Gasteiger partial charge is 0.226 e. The monoisotopic (exact) mass is 204 g/mol. The number of ether oxygens (including phenoxy) is 1. The third kappa shape index (κ3) is 1.79. The zero-order chi connectivity index (χ0) is 10.8. The van der Waals surface area contributed by atoms with E-state index in [4.69, 9.17) is 14.9 Å². The Hall–Kier alpha value is -1.97. The van der Waals surface area contributed by atoms with Gasteiger partial charge >= 0.3 is 0 Å². The average molecular weight is 204 g/mol. The van der Waals surface area contributed by atoms with Crippen LogP contribution in [0, 0.1) is 6.92 Å². The number of aryl methyl sites for hydroxylation is 1. The maximum absolute atomic E-state index is 5.71. The van der Waals surface area contributed by atoms with Crippen molar-refractivity contribution in [2.45, 2.75) is 6.92 Å². The molecule has 0 aliphatic heterocycles. The number of nitrogens with zero attached hydrogens (tertiary/aromatic N) is 1. The molecule has 0 unspecified atom stereocenters. The number of hydrogen-bond acceptors (Lipinski definition) is 4. The topological polar surface area (TPSA) is 61.3 Å². The number of hydrogen-bond donors (Lipinski definition) is 1. The molecule has 0 bridgehead atoms. The summed E-state index contributed by atoms with van der Waals surface area (Å²) in [5.74, 6) is 1.98. The third-order valence-corrected chi connectivity index (χ3v) is 2.10. The number of nitrogens with two attached hydrogens (primary N) is 1. The highest BCUT2D eigenvalue weighted by atomic mass is 16.5. The molecule has 15 heavy (non-hydrogen) atoms. The number of nitrogen functional groups attached to an aromatic ring is 1. The fraction of sp³-hybridized carbons (Fsp3) is 0.182. The van der Waals surface area contributed by atoms with Gasteiger partial charge in [-0.2, -0.15) is 0 Å². The van der Waals surface area contributed by atoms with Gasteiger partial charge in [-0.3, -0.25) is 0 Å². The number of methoxy groups -OCH3 is 1. The molecular weight excluding hydrogens is 192 g/mol. The first kappa shape index (κ1) is 9.58. The zero-order valence-corrected chi connectivity index (χ0v) is 8.65. The van der Waals surface area contributed by atoms with Crippen LogP contribution in [0.25, 0.3) is 11.5 Å². The molecule has 0 saturated heterocycles. The number of benzene rings is 1. The van der Waals surface area contributed by atoms with E-state index < -0.39 is 0 Å². The molecule has 0 radical (unpaired) electrons. The molecule has 0 aliphatic rings. The lowest BCUT2D eigenvalue weighted by molar-refractivity contribution is 0.417. The maximum Gasteiger partial charge on any atom is 0.226 e. The van der Waals surface area contributed by atoms with Gasteiger partial charge in [0.25, 0.3) is 0 Å². The fourth-order valence-corrected chi connectivity index (χ4v) is 1.33. The van der Waals surface area contributed by atoms with Crippen LogP contribution in [0.15, 0.2) is 28.8 Å². The van der Waals surface area contributed by atoms with Crippen LogP contribution in [0.2, 0.25) is 0 Å². The molecule has 2 rings (SSSR count). The molecule has 4 heteroatoms. The largest absolute Gasteiger partial charge is 0.495 e. The lowest BCUT2D eigenvalue weighted by Gasteiger charge is -2.04. The molecule has 0 spiro atoms. The van der Waals surface area contributed by atoms with Gasteiger partial charge in [-0.15, -0.1) is 0 Å². The van der Waals surface area contributed by atoms with Gasteiger partial charge in [-0.1, -0.05) is 0 Å². The summed E-state index contributed by atoms with van der Waals surface area (Å²) in [7, 11) is 1.58. The van der Waals surface area contributed by atoms with E-state index in [1.165, 1.54) is 0 Å². The van der Waals surface area contributed by atoms with E-state index in [-0.39, 0.29) is 0 Å². The second-order valence-electron chi connectivity index (χ2n) is 3.23. The summed E-state index contributed by atoms with van der Waals surface area (Å²) < 4.78 is 10.5. The first-order chi connectivity index (χ1) is 7.20. The van der Waals surface area contributed by atoms with Crippen molar-refractivity contribution in [1.82, 2.24) is 4.98 Å². The van der Waals surface area contributed by atoms with Crippen molar-refractivity contribution in [3.05, 3.63) is 30.2 Å². The molecule has 4 nitrogen and oxygen atoms in total. The minimum Gasteiger partial charge on any atom is -0.495 e. The first-order valence-electron chi connectivity index (χ1n) is 4.57. The van der Waals surface area contributed by atoms with Crippen molar-refractivity contribution in [1.29, 1.82) is 0 Å². The van der Waals surface area contributed by atoms with Crippen molar-refractivity contribution in [2.75, 3.05) is 12.8 Å². The second-order valence-corrected chi connectivity index (χ2v) is 3.23. The van der Waals surface area contributed by atoms with Gasteiger partial charge in [0, 0.05) is 5.56 Å². The van der Waals surface area contributed by atoms with Crippen molar-refractivity contribution in [3.8, 4) is 17.2 Å². The second kappa shape index (κ2) is 3.65. The van der Waals surface area contributed by atoms with Crippen molar-refractivity contribution in [3.63, 3.8) is 0 Å². The third-order valence-electron chi connectivity index (χ3n) is 2.10. The summed E-state index contributed by atoms with van der Waals surface area (Å²) in [6, 6.07) is 5.43. The molecule has 0 aliphatic carbocycles. The molecule has 1 aromatic carbocycles. The Kier molecular flexibility index (Phi) is 2.33. The number of anilines is 1. The van der Waals surface area contributed by atoms with Crippen LogP contribution in [0.5, 0.6) is 5.75 Å². The Morgan fingerprint density at radius 2 is 2.20 bits per heavy atom. The van der Waals surface area contributed by atoms with Gasteiger partial charge in [0.1, 0.15) is 11.5 Å². The van der Waals surface area contributed by atoms with Crippen LogP contribution >= 0.6 is 0 Å². The molecule has 0 saturated carbocycles. The molecule has 0 atom stereocenters. The molecule has 1 aromatic heterocycles. The highest BCUT2D eigenvalue weighted by Gasteiger charge is 2.07. The van der Waals surface area contributed by atoms with Gasteiger partial charge in [0.05, 0.1) is 19.0 Å². The summed E-state index contributed by atoms with van der Waals surface area (Å²) in [5, 5.41) is 0. The van der Waals surface area contributed by atoms with Crippen molar-refractivity contribution in [2.24, 2.45) is 0 Å². The average Bonchev–Trinajstić information content (AvgIpc) is 2.66. The van der Waals surface area contributed by atoms with E-state index in [1.807, 2.05) is 13.0 Å². The van der Waals surface area contributed by atoms with Crippen LogP contribution in [0.3, 0.4) is 0 Å². The van der Waals surface area contributed by atoms with Crippen LogP contribution in [-0.2, 0) is 0 Å². The van der Waals surface area contributed by atoms with E-state index in [2.05, 4.69) is 4.98 Å². The summed E-state index contributed by atoms with van der Waals surface area (Å²) in [6.07, 6.45) is 1.68. The van der Waals surface area contributed by atoms with Crippen LogP contribution in [0.4, 0.5) is 5.69 Å². The molecule has 0 fully saturated rings. The van der Waals surface area contributed by atoms with Gasteiger partial charge in [0.15, 0.2) is 0 Å². The lowest BCUT2D eigenvalue weighted by Crippen LogP contribution is -1.92. The van der Waals surface area contributed by atoms with E-state index >= 15 is 0 Å². The van der Waals surface area contributed by atoms with Crippen molar-refractivity contribution >= 4 is 5.69 Å². The standard InChI is InChI=1S/C11H12N2O2/c1-7-6-13-11(15-7)8-3-4-9(12)10(5-8)14-2/h3-6H,12H2,1-2H3. The van der Waals surface area contributed by atoms with Crippen LogP contribution in [0.1, 0.15) is 5.76 Å². The van der Waals surface area contributed by atoms with E-state index in [0.29, 0.717) is 17.3 Å². The van der Waals surface area contributed by atoms with E-state index in [1.54, 1.807) is 25.4 Å². The quantitative estimate of drug-likeness (QED) is 0.762. The molecule has 1 heterocycles. The fourth-order valence-electron chi connectivity index (χ4n) is 1.33. The number of rotatable bonds is 2. The van der Waals surface area contributed by atoms with Crippen LogP contribution in [-0.4, -0.2) is 12.1 Å². The Bertz CT molecular complexity index is 477. The van der Waals surface area contributed by atoms with Crippen LogP contribution < -0.4 is 10.5 Å². The molecule has 2 N–H and O–H groups in total. The lowest BCUT2D eigenvalue weighted by atomic mass is 10.2. The predicted octanol–water partition coefficient (Wildman–Crippen LogP) is 2.24. The summed E-state index contributed by atoms with van der Waals surface area (Å²) in [6.45, 7) is 1.85. The normalized spacial score (nSPS) is 10.3. The highest BCUT2D eigenvalue weighted by molar-refractivity contribution is 5.64. The van der Waals surface area contributed by atoms with E-state index in [9.17, 15) is 0 Å². The summed E-state index contributed by atoms with van der Waals surface area (Å²) >= 11 is 0. The molecule has 78 valence electrons. The Morgan fingerprint density at radius 1 is 1.40 bits per heavy atom. The minimum absolute atomic E-state index is 0.575. The molecule has 0 amide bonds. The summed E-state index contributed by atoms with van der Waals surface area (Å²) in [4.78, 5) is 4.13. The maximum atomic E-state index is 5.71. The molecule has 2 aromatic rings.